The first-order chi connectivity index (χ1) is 11.0. The maximum atomic E-state index is 13.4. The number of benzene rings is 1. The van der Waals surface area contributed by atoms with Gasteiger partial charge in [0.1, 0.15) is 0 Å². The molecule has 8 heteroatoms. The third kappa shape index (κ3) is 4.68. The van der Waals surface area contributed by atoms with Gasteiger partial charge in [-0.25, -0.2) is 18.0 Å². The lowest BCUT2D eigenvalue weighted by molar-refractivity contribution is -0.142. The van der Waals surface area contributed by atoms with Gasteiger partial charge in [0.05, 0.1) is 5.69 Å². The summed E-state index contributed by atoms with van der Waals surface area (Å²) in [7, 11) is 0. The molecule has 4 nitrogen and oxygen atoms in total. The number of ether oxygens (including phenoxy) is 1. The van der Waals surface area contributed by atoms with E-state index in [2.05, 4.69) is 4.74 Å². The molecule has 0 atom stereocenters. The van der Waals surface area contributed by atoms with Gasteiger partial charge in [-0.15, -0.1) is 11.3 Å². The van der Waals surface area contributed by atoms with Gasteiger partial charge in [-0.2, -0.15) is 0 Å². The molecule has 0 saturated heterocycles. The summed E-state index contributed by atoms with van der Waals surface area (Å²) in [4.78, 5) is 23.7. The molecule has 120 valence electrons. The summed E-state index contributed by atoms with van der Waals surface area (Å²) in [6.45, 7) is -0.688. The monoisotopic (exact) mass is 341 g/mol. The number of esters is 1. The highest BCUT2D eigenvalue weighted by molar-refractivity contribution is 7.10. The second-order valence-corrected chi connectivity index (χ2v) is 5.21. The molecule has 0 saturated carbocycles. The summed E-state index contributed by atoms with van der Waals surface area (Å²) in [6.07, 6.45) is 2.65. The molecule has 0 aliphatic heterocycles. The van der Waals surface area contributed by atoms with Gasteiger partial charge < -0.3 is 10.1 Å². The van der Waals surface area contributed by atoms with Gasteiger partial charge in [0.2, 0.25) is 0 Å². The Morgan fingerprint density at radius 2 is 1.96 bits per heavy atom. The zero-order valence-electron chi connectivity index (χ0n) is 11.5. The third-order valence-electron chi connectivity index (χ3n) is 2.58. The van der Waals surface area contributed by atoms with E-state index < -0.39 is 41.6 Å². The maximum absolute atomic E-state index is 13.4. The summed E-state index contributed by atoms with van der Waals surface area (Å²) >= 11 is 1.41. The summed E-state index contributed by atoms with van der Waals surface area (Å²) in [6, 6.07) is 5.13. The van der Waals surface area contributed by atoms with Crippen molar-refractivity contribution in [3.63, 3.8) is 0 Å². The lowest BCUT2D eigenvalue weighted by atomic mass is 10.3. The van der Waals surface area contributed by atoms with Crippen LogP contribution in [0.4, 0.5) is 18.9 Å². The van der Waals surface area contributed by atoms with E-state index in [9.17, 15) is 22.8 Å². The third-order valence-corrected chi connectivity index (χ3v) is 3.42. The van der Waals surface area contributed by atoms with Crippen molar-refractivity contribution in [2.75, 3.05) is 11.9 Å². The minimum atomic E-state index is -1.70. The van der Waals surface area contributed by atoms with E-state index in [1.165, 1.54) is 17.4 Å². The van der Waals surface area contributed by atoms with E-state index >= 15 is 0 Å². The molecule has 2 aromatic rings. The Bertz CT molecular complexity index is 745. The van der Waals surface area contributed by atoms with Crippen LogP contribution in [-0.4, -0.2) is 18.5 Å². The van der Waals surface area contributed by atoms with E-state index in [0.717, 1.165) is 17.0 Å². The molecule has 0 spiro atoms. The molecule has 0 aliphatic carbocycles. The van der Waals surface area contributed by atoms with Crippen LogP contribution in [0.2, 0.25) is 0 Å². The quantitative estimate of drug-likeness (QED) is 0.515. The SMILES string of the molecule is O=C(COC(=O)/C=C/c1cccs1)Nc1ccc(F)c(F)c1F. The molecule has 0 unspecified atom stereocenters. The summed E-state index contributed by atoms with van der Waals surface area (Å²) in [5, 5.41) is 3.81. The number of rotatable bonds is 5. The number of carbonyl (C=O) groups excluding carboxylic acids is 2. The average molecular weight is 341 g/mol. The summed E-state index contributed by atoms with van der Waals surface area (Å²) < 4.78 is 43.7. The highest BCUT2D eigenvalue weighted by atomic mass is 32.1. The number of nitrogens with one attached hydrogen (secondary N) is 1. The number of thiophene rings is 1. The van der Waals surface area contributed by atoms with Crippen LogP contribution in [0.25, 0.3) is 6.08 Å². The fourth-order valence-corrected chi connectivity index (χ4v) is 2.15. The van der Waals surface area contributed by atoms with E-state index in [-0.39, 0.29) is 0 Å². The Morgan fingerprint density at radius 3 is 2.65 bits per heavy atom. The van der Waals surface area contributed by atoms with Crippen molar-refractivity contribution >= 4 is 35.0 Å². The Hall–Kier alpha value is -2.61. The molecule has 0 radical (unpaired) electrons. The number of hydrogen-bond donors (Lipinski definition) is 1. The first-order valence-corrected chi connectivity index (χ1v) is 7.17. The lowest BCUT2D eigenvalue weighted by Crippen LogP contribution is -2.21. The Kier molecular flexibility index (Phi) is 5.53. The maximum Gasteiger partial charge on any atom is 0.331 e. The topological polar surface area (TPSA) is 55.4 Å². The van der Waals surface area contributed by atoms with E-state index in [4.69, 9.17) is 0 Å². The predicted molar refractivity (Wildman–Crippen MR) is 79.3 cm³/mol. The number of carbonyl (C=O) groups is 2. The van der Waals surface area contributed by atoms with Crippen LogP contribution in [0, 0.1) is 17.5 Å². The molecule has 1 heterocycles. The normalized spacial score (nSPS) is 10.7. The molecule has 1 amide bonds. The van der Waals surface area contributed by atoms with Crippen LogP contribution >= 0.6 is 11.3 Å². The number of amides is 1. The van der Waals surface area contributed by atoms with E-state index in [0.29, 0.717) is 6.07 Å². The van der Waals surface area contributed by atoms with Crippen molar-refractivity contribution in [1.29, 1.82) is 0 Å². The average Bonchev–Trinajstić information content (AvgIpc) is 3.05. The summed E-state index contributed by atoms with van der Waals surface area (Å²) in [5.74, 6) is -6.24. The molecule has 2 rings (SSSR count). The van der Waals surface area contributed by atoms with Crippen molar-refractivity contribution in [2.24, 2.45) is 0 Å². The molecular formula is C15H10F3NO3S. The van der Waals surface area contributed by atoms with Gasteiger partial charge in [0, 0.05) is 11.0 Å². The first kappa shape index (κ1) is 16.8. The fourth-order valence-electron chi connectivity index (χ4n) is 1.53. The zero-order chi connectivity index (χ0) is 16.8. The number of anilines is 1. The molecule has 0 fully saturated rings. The van der Waals surface area contributed by atoms with Crippen molar-refractivity contribution in [2.45, 2.75) is 0 Å². The van der Waals surface area contributed by atoms with Crippen LogP contribution in [0.1, 0.15) is 4.88 Å². The molecule has 0 bridgehead atoms. The second kappa shape index (κ2) is 7.59. The van der Waals surface area contributed by atoms with E-state index in [1.54, 1.807) is 12.1 Å². The van der Waals surface area contributed by atoms with Gasteiger partial charge in [-0.05, 0) is 29.7 Å². The molecule has 1 aromatic heterocycles. The Labute approximate surface area is 133 Å². The van der Waals surface area contributed by atoms with Crippen molar-refractivity contribution in [3.05, 3.63) is 58.1 Å². The number of hydrogen-bond acceptors (Lipinski definition) is 4. The largest absolute Gasteiger partial charge is 0.452 e. The molecular weight excluding hydrogens is 331 g/mol. The van der Waals surface area contributed by atoms with Gasteiger partial charge in [0.15, 0.2) is 24.1 Å². The van der Waals surface area contributed by atoms with Crippen LogP contribution in [0.5, 0.6) is 0 Å². The standard InChI is InChI=1S/C15H10F3NO3S/c16-10-4-5-11(15(18)14(10)17)19-12(20)8-22-13(21)6-3-9-2-1-7-23-9/h1-7H,8H2,(H,19,20)/b6-3+. The van der Waals surface area contributed by atoms with Gasteiger partial charge in [-0.3, -0.25) is 4.79 Å². The van der Waals surface area contributed by atoms with Crippen molar-refractivity contribution in [1.82, 2.24) is 0 Å². The van der Waals surface area contributed by atoms with Gasteiger partial charge >= 0.3 is 5.97 Å². The smallest absolute Gasteiger partial charge is 0.331 e. The van der Waals surface area contributed by atoms with Crippen molar-refractivity contribution in [3.8, 4) is 0 Å². The molecule has 0 aliphatic rings. The number of halogens is 3. The van der Waals surface area contributed by atoms with Crippen LogP contribution in [0.15, 0.2) is 35.7 Å². The highest BCUT2D eigenvalue weighted by Crippen LogP contribution is 2.19. The molecule has 23 heavy (non-hydrogen) atoms. The molecule has 1 N–H and O–H groups in total. The molecule has 1 aromatic carbocycles. The Balaban J connectivity index is 1.86. The highest BCUT2D eigenvalue weighted by Gasteiger charge is 2.15. The van der Waals surface area contributed by atoms with Crippen LogP contribution in [-0.2, 0) is 14.3 Å². The predicted octanol–water partition coefficient (Wildman–Crippen LogP) is 3.36. The van der Waals surface area contributed by atoms with Gasteiger partial charge in [0.25, 0.3) is 5.91 Å². The fraction of sp³-hybridized carbons (Fsp3) is 0.0667. The second-order valence-electron chi connectivity index (χ2n) is 4.23. The first-order valence-electron chi connectivity index (χ1n) is 6.29. The minimum Gasteiger partial charge on any atom is -0.452 e. The minimum absolute atomic E-state index is 0.543. The van der Waals surface area contributed by atoms with Gasteiger partial charge in [-0.1, -0.05) is 6.07 Å². The van der Waals surface area contributed by atoms with Crippen molar-refractivity contribution < 1.29 is 27.5 Å². The zero-order valence-corrected chi connectivity index (χ0v) is 12.3. The Morgan fingerprint density at radius 1 is 1.17 bits per heavy atom. The summed E-state index contributed by atoms with van der Waals surface area (Å²) in [5.41, 5.74) is -0.543. The van der Waals surface area contributed by atoms with E-state index in [1.807, 2.05) is 10.7 Å². The van der Waals surface area contributed by atoms with Crippen LogP contribution < -0.4 is 5.32 Å². The lowest BCUT2D eigenvalue weighted by Gasteiger charge is -2.07. The van der Waals surface area contributed by atoms with Crippen LogP contribution in [0.3, 0.4) is 0 Å².